The van der Waals surface area contributed by atoms with Crippen molar-refractivity contribution < 1.29 is 4.79 Å². The number of thiophene rings is 1. The summed E-state index contributed by atoms with van der Waals surface area (Å²) in [5.41, 5.74) is 1.96. The summed E-state index contributed by atoms with van der Waals surface area (Å²) in [7, 11) is 0. The van der Waals surface area contributed by atoms with E-state index in [4.69, 9.17) is 9.97 Å². The van der Waals surface area contributed by atoms with Gasteiger partial charge in [0.15, 0.2) is 0 Å². The van der Waals surface area contributed by atoms with Crippen molar-refractivity contribution >= 4 is 39.0 Å². The molecular formula is C22H27N5OS. The van der Waals surface area contributed by atoms with Crippen molar-refractivity contribution in [2.75, 3.05) is 23.7 Å². The summed E-state index contributed by atoms with van der Waals surface area (Å²) in [5, 5.41) is 7.33. The molecule has 1 amide bonds. The number of benzene rings is 1. The van der Waals surface area contributed by atoms with Crippen LogP contribution in [0.1, 0.15) is 36.0 Å². The van der Waals surface area contributed by atoms with E-state index in [9.17, 15) is 4.79 Å². The van der Waals surface area contributed by atoms with Gasteiger partial charge in [-0.3, -0.25) is 9.69 Å². The Morgan fingerprint density at radius 3 is 2.62 bits per heavy atom. The van der Waals surface area contributed by atoms with Crippen molar-refractivity contribution in [3.63, 3.8) is 0 Å². The highest BCUT2D eigenvalue weighted by Crippen LogP contribution is 2.34. The number of hydrogen-bond acceptors (Lipinski definition) is 6. The molecule has 0 aliphatic carbocycles. The maximum Gasteiger partial charge on any atom is 0.246 e. The molecule has 3 heterocycles. The zero-order valence-electron chi connectivity index (χ0n) is 17.2. The summed E-state index contributed by atoms with van der Waals surface area (Å²) in [6.07, 6.45) is 2.47. The summed E-state index contributed by atoms with van der Waals surface area (Å²) in [5.74, 6) is 1.48. The highest BCUT2D eigenvalue weighted by Gasteiger charge is 2.21. The number of nitrogens with one attached hydrogen (secondary N) is 2. The predicted octanol–water partition coefficient (Wildman–Crippen LogP) is 4.34. The molecule has 1 fully saturated rings. The summed E-state index contributed by atoms with van der Waals surface area (Å²) in [6.45, 7) is 9.02. The number of hydrogen-bond donors (Lipinski definition) is 2. The van der Waals surface area contributed by atoms with Crippen LogP contribution in [0.3, 0.4) is 0 Å². The van der Waals surface area contributed by atoms with Gasteiger partial charge < -0.3 is 10.6 Å². The maximum absolute atomic E-state index is 12.7. The second-order valence-corrected chi connectivity index (χ2v) is 8.86. The fraction of sp³-hybridized carbons (Fsp3) is 0.409. The van der Waals surface area contributed by atoms with Crippen molar-refractivity contribution in [3.05, 3.63) is 46.6 Å². The van der Waals surface area contributed by atoms with Crippen molar-refractivity contribution in [2.24, 2.45) is 0 Å². The number of carbonyl (C=O) groups excluding carboxylic acids is 1. The third kappa shape index (κ3) is 4.41. The molecule has 0 saturated carbocycles. The topological polar surface area (TPSA) is 70.2 Å². The van der Waals surface area contributed by atoms with Crippen LogP contribution in [-0.4, -0.2) is 39.9 Å². The van der Waals surface area contributed by atoms with Gasteiger partial charge in [-0.15, -0.1) is 11.3 Å². The molecule has 1 saturated heterocycles. The number of likely N-dealkylation sites (tertiary alicyclic amines) is 1. The summed E-state index contributed by atoms with van der Waals surface area (Å²) in [6, 6.07) is 9.08. The van der Waals surface area contributed by atoms with Crippen molar-refractivity contribution in [1.29, 1.82) is 0 Å². The van der Waals surface area contributed by atoms with E-state index in [1.807, 2.05) is 37.3 Å². The fourth-order valence-electron chi connectivity index (χ4n) is 3.65. The molecule has 4 rings (SSSR count). The Morgan fingerprint density at radius 2 is 1.90 bits per heavy atom. The first kappa shape index (κ1) is 19.8. The van der Waals surface area contributed by atoms with E-state index in [0.29, 0.717) is 0 Å². The number of rotatable bonds is 6. The first-order valence-electron chi connectivity index (χ1n) is 10.1. The van der Waals surface area contributed by atoms with E-state index >= 15 is 0 Å². The van der Waals surface area contributed by atoms with Gasteiger partial charge in [0, 0.05) is 10.6 Å². The smallest absolute Gasteiger partial charge is 0.246 e. The van der Waals surface area contributed by atoms with Crippen molar-refractivity contribution in [3.8, 4) is 0 Å². The number of para-hydroxylation sites is 1. The van der Waals surface area contributed by atoms with E-state index in [2.05, 4.69) is 29.4 Å². The molecule has 0 radical (unpaired) electrons. The number of amides is 1. The Labute approximate surface area is 175 Å². The molecule has 6 nitrogen and oxygen atoms in total. The van der Waals surface area contributed by atoms with Crippen molar-refractivity contribution in [1.82, 2.24) is 14.9 Å². The minimum absolute atomic E-state index is 0.0892. The lowest BCUT2D eigenvalue weighted by Crippen LogP contribution is -2.32. The lowest BCUT2D eigenvalue weighted by molar-refractivity contribution is -0.116. The Bertz CT molecular complexity index is 1010. The van der Waals surface area contributed by atoms with Gasteiger partial charge in [-0.1, -0.05) is 18.2 Å². The Balaban J connectivity index is 1.59. The van der Waals surface area contributed by atoms with Gasteiger partial charge in [0.1, 0.15) is 22.5 Å². The van der Waals surface area contributed by atoms with Gasteiger partial charge in [0.2, 0.25) is 5.91 Å². The lowest BCUT2D eigenvalue weighted by atomic mass is 10.2. The second-order valence-electron chi connectivity index (χ2n) is 7.66. The zero-order valence-corrected chi connectivity index (χ0v) is 18.0. The van der Waals surface area contributed by atoms with Crippen LogP contribution >= 0.6 is 11.3 Å². The molecule has 0 spiro atoms. The maximum atomic E-state index is 12.7. The Kier molecular flexibility index (Phi) is 5.78. The fourth-order valence-corrected chi connectivity index (χ4v) is 4.70. The number of carbonyl (C=O) groups is 1. The molecule has 1 atom stereocenters. The summed E-state index contributed by atoms with van der Waals surface area (Å²) >= 11 is 1.69. The van der Waals surface area contributed by atoms with Gasteiger partial charge in [0.25, 0.3) is 0 Å². The number of nitrogens with zero attached hydrogens (tertiary/aromatic N) is 3. The minimum Gasteiger partial charge on any atom is -0.358 e. The van der Waals surface area contributed by atoms with Crippen LogP contribution in [0.2, 0.25) is 0 Å². The number of aryl methyl sites for hydroxylation is 2. The molecular weight excluding hydrogens is 382 g/mol. The molecule has 1 aromatic carbocycles. The van der Waals surface area contributed by atoms with Gasteiger partial charge in [-0.25, -0.2) is 9.97 Å². The van der Waals surface area contributed by atoms with Gasteiger partial charge >= 0.3 is 0 Å². The van der Waals surface area contributed by atoms with Crippen LogP contribution in [0.4, 0.5) is 11.5 Å². The number of aromatic nitrogens is 2. The number of fused-ring (bicyclic) bond motifs is 1. The standard InChI is InChI=1S/C22H27N5OS/c1-14-16(3)29-22-19(14)20(25-18(26-22)13-27-11-7-8-12-27)23-15(2)21(28)24-17-9-5-4-6-10-17/h4-6,9-10,15H,7-8,11-13H2,1-3H3,(H,24,28)(H,23,25,26). The Hall–Kier alpha value is -2.51. The number of anilines is 2. The van der Waals surface area contributed by atoms with E-state index in [-0.39, 0.29) is 5.91 Å². The molecule has 1 aliphatic rings. The average Bonchev–Trinajstić information content (AvgIpc) is 3.30. The predicted molar refractivity (Wildman–Crippen MR) is 120 cm³/mol. The normalized spacial score (nSPS) is 15.6. The highest BCUT2D eigenvalue weighted by molar-refractivity contribution is 7.18. The van der Waals surface area contributed by atoms with E-state index < -0.39 is 6.04 Å². The van der Waals surface area contributed by atoms with Crippen LogP contribution < -0.4 is 10.6 Å². The van der Waals surface area contributed by atoms with Crippen LogP contribution in [0.5, 0.6) is 0 Å². The first-order valence-corrected chi connectivity index (χ1v) is 10.9. The van der Waals surface area contributed by atoms with Gasteiger partial charge in [-0.05, 0) is 64.4 Å². The minimum atomic E-state index is -0.424. The first-order chi connectivity index (χ1) is 14.0. The highest BCUT2D eigenvalue weighted by atomic mass is 32.1. The lowest BCUT2D eigenvalue weighted by Gasteiger charge is -2.18. The van der Waals surface area contributed by atoms with E-state index in [1.54, 1.807) is 11.3 Å². The average molecular weight is 410 g/mol. The molecule has 7 heteroatoms. The second kappa shape index (κ2) is 8.47. The molecule has 1 aliphatic heterocycles. The molecule has 29 heavy (non-hydrogen) atoms. The SMILES string of the molecule is Cc1sc2nc(CN3CCCC3)nc(NC(C)C(=O)Nc3ccccc3)c2c1C. The summed E-state index contributed by atoms with van der Waals surface area (Å²) in [4.78, 5) is 27.0. The molecule has 152 valence electrons. The van der Waals surface area contributed by atoms with Gasteiger partial charge in [0.05, 0.1) is 11.9 Å². The van der Waals surface area contributed by atoms with Crippen LogP contribution in [0, 0.1) is 13.8 Å². The van der Waals surface area contributed by atoms with Crippen LogP contribution in [0.25, 0.3) is 10.2 Å². The van der Waals surface area contributed by atoms with Gasteiger partial charge in [-0.2, -0.15) is 0 Å². The monoisotopic (exact) mass is 409 g/mol. The Morgan fingerprint density at radius 1 is 1.17 bits per heavy atom. The molecule has 2 N–H and O–H groups in total. The quantitative estimate of drug-likeness (QED) is 0.634. The third-order valence-corrected chi connectivity index (χ3v) is 6.53. The van der Waals surface area contributed by atoms with Crippen molar-refractivity contribution in [2.45, 2.75) is 46.2 Å². The van der Waals surface area contributed by atoms with E-state index in [0.717, 1.165) is 47.2 Å². The van der Waals surface area contributed by atoms with Crippen LogP contribution in [0.15, 0.2) is 30.3 Å². The largest absolute Gasteiger partial charge is 0.358 e. The zero-order chi connectivity index (χ0) is 20.4. The van der Waals surface area contributed by atoms with Crippen LogP contribution in [-0.2, 0) is 11.3 Å². The molecule has 1 unspecified atom stereocenters. The molecule has 0 bridgehead atoms. The van der Waals surface area contributed by atoms with E-state index in [1.165, 1.54) is 23.3 Å². The third-order valence-electron chi connectivity index (χ3n) is 5.43. The molecule has 3 aromatic rings. The summed E-state index contributed by atoms with van der Waals surface area (Å²) < 4.78 is 0. The molecule has 2 aromatic heterocycles.